The summed E-state index contributed by atoms with van der Waals surface area (Å²) in [5.41, 5.74) is 2.49. The minimum Gasteiger partial charge on any atom is -0.375 e. The molecule has 0 heterocycles. The van der Waals surface area contributed by atoms with Crippen LogP contribution in [0.4, 0.5) is 5.69 Å². The smallest absolute Gasteiger partial charge is 0.216 e. The zero-order chi connectivity index (χ0) is 12.0. The van der Waals surface area contributed by atoms with E-state index in [-0.39, 0.29) is 5.91 Å². The summed E-state index contributed by atoms with van der Waals surface area (Å²) in [6.45, 7) is 5.33. The van der Waals surface area contributed by atoms with Gasteiger partial charge in [-0.05, 0) is 31.0 Å². The van der Waals surface area contributed by atoms with E-state index in [2.05, 4.69) is 48.5 Å². The van der Waals surface area contributed by atoms with E-state index in [0.29, 0.717) is 0 Å². The van der Waals surface area contributed by atoms with Gasteiger partial charge in [-0.25, -0.2) is 0 Å². The molecule has 0 unspecified atom stereocenters. The molecule has 1 aromatic carbocycles. The number of hydrogen-bond donors (Lipinski definition) is 1. The van der Waals surface area contributed by atoms with Crippen molar-refractivity contribution in [2.45, 2.75) is 20.3 Å². The minimum atomic E-state index is 0.0400. The molecule has 0 spiro atoms. The lowest BCUT2D eigenvalue weighted by atomic mass is 10.2. The Labute approximate surface area is 97.5 Å². The van der Waals surface area contributed by atoms with Crippen molar-refractivity contribution in [3.8, 4) is 0 Å². The second-order valence-electron chi connectivity index (χ2n) is 4.10. The molecule has 0 radical (unpaired) electrons. The average molecular weight is 220 g/mol. The first-order chi connectivity index (χ1) is 7.59. The van der Waals surface area contributed by atoms with Gasteiger partial charge in [-0.15, -0.1) is 0 Å². The fraction of sp³-hybridized carbons (Fsp3) is 0.462. The molecular weight excluding hydrogens is 200 g/mol. The van der Waals surface area contributed by atoms with Crippen molar-refractivity contribution in [2.24, 2.45) is 0 Å². The first kappa shape index (κ1) is 12.6. The van der Waals surface area contributed by atoms with E-state index in [4.69, 9.17) is 0 Å². The Kier molecular flexibility index (Phi) is 4.83. The molecule has 0 aliphatic rings. The molecule has 1 amide bonds. The Morgan fingerprint density at radius 1 is 1.44 bits per heavy atom. The maximum Gasteiger partial charge on any atom is 0.216 e. The van der Waals surface area contributed by atoms with E-state index in [1.54, 1.807) is 6.92 Å². The average Bonchev–Trinajstić information content (AvgIpc) is 2.24. The summed E-state index contributed by atoms with van der Waals surface area (Å²) in [7, 11) is 2.07. The Hall–Kier alpha value is -1.51. The Morgan fingerprint density at radius 2 is 2.19 bits per heavy atom. The molecule has 0 saturated heterocycles. The van der Waals surface area contributed by atoms with Crippen LogP contribution in [0, 0.1) is 6.92 Å². The van der Waals surface area contributed by atoms with E-state index >= 15 is 0 Å². The van der Waals surface area contributed by atoms with Crippen molar-refractivity contribution >= 4 is 11.6 Å². The third-order valence-corrected chi connectivity index (χ3v) is 2.49. The van der Waals surface area contributed by atoms with Crippen LogP contribution >= 0.6 is 0 Å². The lowest BCUT2D eigenvalue weighted by Gasteiger charge is -2.19. The van der Waals surface area contributed by atoms with E-state index in [9.17, 15) is 4.79 Å². The number of carbonyl (C=O) groups is 1. The number of amides is 1. The van der Waals surface area contributed by atoms with Crippen molar-refractivity contribution < 1.29 is 4.79 Å². The number of aryl methyl sites for hydroxylation is 1. The summed E-state index contributed by atoms with van der Waals surface area (Å²) < 4.78 is 0. The monoisotopic (exact) mass is 220 g/mol. The van der Waals surface area contributed by atoms with Crippen LogP contribution in [0.25, 0.3) is 0 Å². The quantitative estimate of drug-likeness (QED) is 0.769. The summed E-state index contributed by atoms with van der Waals surface area (Å²) in [5.74, 6) is 0.0400. The molecule has 1 aromatic rings. The molecule has 0 atom stereocenters. The molecule has 1 rings (SSSR count). The highest BCUT2D eigenvalue weighted by Crippen LogP contribution is 2.13. The van der Waals surface area contributed by atoms with Crippen molar-refractivity contribution in [2.75, 3.05) is 25.0 Å². The Balaban J connectivity index is 2.35. The highest BCUT2D eigenvalue weighted by atomic mass is 16.1. The predicted molar refractivity (Wildman–Crippen MR) is 67.7 cm³/mol. The van der Waals surface area contributed by atoms with Gasteiger partial charge in [0, 0.05) is 32.7 Å². The largest absolute Gasteiger partial charge is 0.375 e. The van der Waals surface area contributed by atoms with Crippen molar-refractivity contribution in [1.29, 1.82) is 0 Å². The van der Waals surface area contributed by atoms with E-state index in [0.717, 1.165) is 19.5 Å². The first-order valence-corrected chi connectivity index (χ1v) is 5.62. The third kappa shape index (κ3) is 4.34. The summed E-state index contributed by atoms with van der Waals surface area (Å²) in [6.07, 6.45) is 0.962. The Morgan fingerprint density at radius 3 is 2.81 bits per heavy atom. The molecular formula is C13H20N2O. The van der Waals surface area contributed by atoms with Gasteiger partial charge in [0.25, 0.3) is 0 Å². The lowest BCUT2D eigenvalue weighted by Crippen LogP contribution is -2.26. The number of rotatable bonds is 5. The second kappa shape index (κ2) is 6.16. The summed E-state index contributed by atoms with van der Waals surface area (Å²) in [5, 5.41) is 2.80. The molecule has 0 saturated carbocycles. The van der Waals surface area contributed by atoms with Crippen LogP contribution in [0.5, 0.6) is 0 Å². The molecule has 0 aliphatic carbocycles. The zero-order valence-electron chi connectivity index (χ0n) is 10.3. The van der Waals surface area contributed by atoms with Crippen molar-refractivity contribution in [3.63, 3.8) is 0 Å². The van der Waals surface area contributed by atoms with Gasteiger partial charge in [-0.3, -0.25) is 4.79 Å². The van der Waals surface area contributed by atoms with Gasteiger partial charge in [0.1, 0.15) is 0 Å². The highest BCUT2D eigenvalue weighted by molar-refractivity contribution is 5.72. The normalized spacial score (nSPS) is 9.94. The molecule has 88 valence electrons. The van der Waals surface area contributed by atoms with Crippen molar-refractivity contribution in [3.05, 3.63) is 29.8 Å². The van der Waals surface area contributed by atoms with Crippen LogP contribution in [0.15, 0.2) is 24.3 Å². The second-order valence-corrected chi connectivity index (χ2v) is 4.10. The van der Waals surface area contributed by atoms with Crippen LogP contribution in [0.2, 0.25) is 0 Å². The number of anilines is 1. The third-order valence-electron chi connectivity index (χ3n) is 2.49. The van der Waals surface area contributed by atoms with Gasteiger partial charge in [0.2, 0.25) is 5.91 Å². The summed E-state index contributed by atoms with van der Waals surface area (Å²) in [6, 6.07) is 8.42. The SMILES string of the molecule is CC(=O)NCCCN(C)c1cccc(C)c1. The summed E-state index contributed by atoms with van der Waals surface area (Å²) >= 11 is 0. The lowest BCUT2D eigenvalue weighted by molar-refractivity contribution is -0.118. The van der Waals surface area contributed by atoms with Crippen LogP contribution in [0.3, 0.4) is 0 Å². The number of nitrogens with zero attached hydrogens (tertiary/aromatic N) is 1. The number of hydrogen-bond acceptors (Lipinski definition) is 2. The number of nitrogens with one attached hydrogen (secondary N) is 1. The maximum absolute atomic E-state index is 10.7. The van der Waals surface area contributed by atoms with Crippen LogP contribution in [-0.4, -0.2) is 26.0 Å². The van der Waals surface area contributed by atoms with Gasteiger partial charge < -0.3 is 10.2 Å². The maximum atomic E-state index is 10.7. The first-order valence-electron chi connectivity index (χ1n) is 5.62. The van der Waals surface area contributed by atoms with Gasteiger partial charge in [0.05, 0.1) is 0 Å². The van der Waals surface area contributed by atoms with Gasteiger partial charge in [0.15, 0.2) is 0 Å². The molecule has 0 bridgehead atoms. The fourth-order valence-electron chi connectivity index (χ4n) is 1.58. The highest BCUT2D eigenvalue weighted by Gasteiger charge is 2.00. The van der Waals surface area contributed by atoms with E-state index in [1.807, 2.05) is 0 Å². The van der Waals surface area contributed by atoms with E-state index in [1.165, 1.54) is 11.3 Å². The van der Waals surface area contributed by atoms with Crippen molar-refractivity contribution in [1.82, 2.24) is 5.32 Å². The van der Waals surface area contributed by atoms with Crippen LogP contribution < -0.4 is 10.2 Å². The molecule has 1 N–H and O–H groups in total. The van der Waals surface area contributed by atoms with Gasteiger partial charge >= 0.3 is 0 Å². The predicted octanol–water partition coefficient (Wildman–Crippen LogP) is 1.96. The van der Waals surface area contributed by atoms with Gasteiger partial charge in [-0.1, -0.05) is 12.1 Å². The molecule has 3 nitrogen and oxygen atoms in total. The number of benzene rings is 1. The standard InChI is InChI=1S/C13H20N2O/c1-11-6-4-7-13(10-11)15(3)9-5-8-14-12(2)16/h4,6-7,10H,5,8-9H2,1-3H3,(H,14,16). The topological polar surface area (TPSA) is 32.3 Å². The van der Waals surface area contributed by atoms with Gasteiger partial charge in [-0.2, -0.15) is 0 Å². The van der Waals surface area contributed by atoms with Crippen LogP contribution in [-0.2, 0) is 4.79 Å². The minimum absolute atomic E-state index is 0.0400. The molecule has 0 fully saturated rings. The molecule has 3 heteroatoms. The van der Waals surface area contributed by atoms with E-state index < -0.39 is 0 Å². The summed E-state index contributed by atoms with van der Waals surface area (Å²) in [4.78, 5) is 12.9. The fourth-order valence-corrected chi connectivity index (χ4v) is 1.58. The molecule has 0 aliphatic heterocycles. The van der Waals surface area contributed by atoms with Crippen LogP contribution in [0.1, 0.15) is 18.9 Å². The molecule has 0 aromatic heterocycles. The molecule has 16 heavy (non-hydrogen) atoms. The number of carbonyl (C=O) groups excluding carboxylic acids is 1. The zero-order valence-corrected chi connectivity index (χ0v) is 10.3. The Bertz CT molecular complexity index is 350.